The molecule has 0 radical (unpaired) electrons. The molecule has 1 heterocycles. The SMILES string of the molecule is COc1cccc(N=C2C(=O)Nc3c(C)ccc(Cl)c32)c1. The first-order chi connectivity index (χ1) is 10.1. The molecule has 0 aliphatic carbocycles. The maximum absolute atomic E-state index is 12.2. The van der Waals surface area contributed by atoms with Crippen LogP contribution in [0.3, 0.4) is 0 Å². The Morgan fingerprint density at radius 2 is 2.05 bits per heavy atom. The number of carbonyl (C=O) groups excluding carboxylic acids is 1. The molecule has 0 aromatic heterocycles. The number of aliphatic imine (C=N–C) groups is 1. The van der Waals surface area contributed by atoms with Crippen molar-refractivity contribution < 1.29 is 9.53 Å². The lowest BCUT2D eigenvalue weighted by Gasteiger charge is -2.04. The molecule has 1 aliphatic rings. The van der Waals surface area contributed by atoms with E-state index in [0.29, 0.717) is 27.7 Å². The van der Waals surface area contributed by atoms with Gasteiger partial charge in [0.1, 0.15) is 11.5 Å². The molecular formula is C16H13ClN2O2. The van der Waals surface area contributed by atoms with Gasteiger partial charge in [-0.2, -0.15) is 0 Å². The van der Waals surface area contributed by atoms with Gasteiger partial charge in [-0.15, -0.1) is 0 Å². The number of anilines is 1. The average molecular weight is 301 g/mol. The Hall–Kier alpha value is -2.33. The Bertz CT molecular complexity index is 769. The van der Waals surface area contributed by atoms with Crippen LogP contribution in [-0.2, 0) is 4.79 Å². The lowest BCUT2D eigenvalue weighted by atomic mass is 10.1. The molecule has 1 amide bonds. The fraction of sp³-hybridized carbons (Fsp3) is 0.125. The second-order valence-corrected chi connectivity index (χ2v) is 5.14. The molecule has 2 aromatic rings. The molecule has 0 bridgehead atoms. The van der Waals surface area contributed by atoms with E-state index in [4.69, 9.17) is 16.3 Å². The number of nitrogens with one attached hydrogen (secondary N) is 1. The number of aryl methyl sites for hydroxylation is 1. The lowest BCUT2D eigenvalue weighted by molar-refractivity contribution is -0.110. The van der Waals surface area contributed by atoms with Crippen molar-refractivity contribution >= 4 is 34.6 Å². The zero-order valence-electron chi connectivity index (χ0n) is 11.6. The smallest absolute Gasteiger partial charge is 0.275 e. The number of nitrogens with zero attached hydrogens (tertiary/aromatic N) is 1. The lowest BCUT2D eigenvalue weighted by Crippen LogP contribution is -2.14. The highest BCUT2D eigenvalue weighted by molar-refractivity contribution is 6.57. The van der Waals surface area contributed by atoms with E-state index in [0.717, 1.165) is 11.3 Å². The van der Waals surface area contributed by atoms with E-state index in [2.05, 4.69) is 10.3 Å². The van der Waals surface area contributed by atoms with Gasteiger partial charge in [-0.25, -0.2) is 4.99 Å². The van der Waals surface area contributed by atoms with E-state index in [9.17, 15) is 4.79 Å². The standard InChI is InChI=1S/C16H13ClN2O2/c1-9-6-7-12(17)13-14(9)19-16(20)15(13)18-10-4-3-5-11(8-10)21-2/h3-8H,1-2H3,(H,18,19,20). The Morgan fingerprint density at radius 1 is 1.24 bits per heavy atom. The number of fused-ring (bicyclic) bond motifs is 1. The number of methoxy groups -OCH3 is 1. The van der Waals surface area contributed by atoms with Gasteiger partial charge in [0.15, 0.2) is 0 Å². The number of hydrogen-bond donors (Lipinski definition) is 1. The van der Waals surface area contributed by atoms with Crippen molar-refractivity contribution in [3.05, 3.63) is 52.5 Å². The third-order valence-electron chi connectivity index (χ3n) is 3.35. The first-order valence-corrected chi connectivity index (χ1v) is 6.81. The third kappa shape index (κ3) is 2.38. The molecule has 0 fully saturated rings. The number of halogens is 1. The minimum atomic E-state index is -0.246. The summed E-state index contributed by atoms with van der Waals surface area (Å²) in [6.07, 6.45) is 0. The van der Waals surface area contributed by atoms with Crippen molar-refractivity contribution in [2.24, 2.45) is 4.99 Å². The normalized spacial score (nSPS) is 15.0. The summed E-state index contributed by atoms with van der Waals surface area (Å²) in [5, 5.41) is 3.33. The molecule has 3 rings (SSSR count). The summed E-state index contributed by atoms with van der Waals surface area (Å²) in [4.78, 5) is 16.6. The van der Waals surface area contributed by atoms with Crippen molar-refractivity contribution in [1.82, 2.24) is 0 Å². The van der Waals surface area contributed by atoms with Crippen LogP contribution in [0.5, 0.6) is 5.75 Å². The number of amides is 1. The summed E-state index contributed by atoms with van der Waals surface area (Å²) in [6.45, 7) is 1.92. The van der Waals surface area contributed by atoms with Gasteiger partial charge in [-0.1, -0.05) is 23.7 Å². The minimum Gasteiger partial charge on any atom is -0.497 e. The molecule has 0 atom stereocenters. The molecule has 0 saturated heterocycles. The molecule has 4 nitrogen and oxygen atoms in total. The molecular weight excluding hydrogens is 288 g/mol. The highest BCUT2D eigenvalue weighted by atomic mass is 35.5. The number of carbonyl (C=O) groups is 1. The first-order valence-electron chi connectivity index (χ1n) is 6.43. The maximum atomic E-state index is 12.2. The number of rotatable bonds is 2. The fourth-order valence-electron chi connectivity index (χ4n) is 2.28. The van der Waals surface area contributed by atoms with E-state index >= 15 is 0 Å². The van der Waals surface area contributed by atoms with Crippen LogP contribution in [0.25, 0.3) is 0 Å². The van der Waals surface area contributed by atoms with Gasteiger partial charge in [-0.05, 0) is 30.7 Å². The van der Waals surface area contributed by atoms with Crippen LogP contribution in [0.2, 0.25) is 5.02 Å². The molecule has 106 valence electrons. The Labute approximate surface area is 127 Å². The summed E-state index contributed by atoms with van der Waals surface area (Å²) in [7, 11) is 1.59. The predicted octanol–water partition coefficient (Wildman–Crippen LogP) is 3.73. The zero-order valence-corrected chi connectivity index (χ0v) is 12.4. The molecule has 1 N–H and O–H groups in total. The first kappa shape index (κ1) is 13.6. The minimum absolute atomic E-state index is 0.246. The van der Waals surface area contributed by atoms with Crippen LogP contribution in [0, 0.1) is 6.92 Å². The van der Waals surface area contributed by atoms with Crippen LogP contribution in [0.1, 0.15) is 11.1 Å². The van der Waals surface area contributed by atoms with Crippen LogP contribution in [-0.4, -0.2) is 18.7 Å². The van der Waals surface area contributed by atoms with Crippen LogP contribution >= 0.6 is 11.6 Å². The van der Waals surface area contributed by atoms with Gasteiger partial charge < -0.3 is 10.1 Å². The number of benzene rings is 2. The molecule has 21 heavy (non-hydrogen) atoms. The molecule has 5 heteroatoms. The van der Waals surface area contributed by atoms with Crippen LogP contribution in [0.4, 0.5) is 11.4 Å². The molecule has 0 saturated carbocycles. The van der Waals surface area contributed by atoms with Gasteiger partial charge in [0.2, 0.25) is 0 Å². The van der Waals surface area contributed by atoms with E-state index < -0.39 is 0 Å². The van der Waals surface area contributed by atoms with E-state index in [-0.39, 0.29) is 5.91 Å². The van der Waals surface area contributed by atoms with E-state index in [1.54, 1.807) is 19.2 Å². The van der Waals surface area contributed by atoms with E-state index in [1.165, 1.54) is 0 Å². The van der Waals surface area contributed by atoms with Crippen molar-refractivity contribution in [1.29, 1.82) is 0 Å². The van der Waals surface area contributed by atoms with Crippen LogP contribution in [0.15, 0.2) is 41.4 Å². The topological polar surface area (TPSA) is 50.7 Å². The maximum Gasteiger partial charge on any atom is 0.275 e. The van der Waals surface area contributed by atoms with Gasteiger partial charge in [-0.3, -0.25) is 4.79 Å². The predicted molar refractivity (Wildman–Crippen MR) is 84.0 cm³/mol. The van der Waals surface area contributed by atoms with Gasteiger partial charge in [0.05, 0.1) is 23.5 Å². The third-order valence-corrected chi connectivity index (χ3v) is 3.66. The Morgan fingerprint density at radius 3 is 2.81 bits per heavy atom. The highest BCUT2D eigenvalue weighted by Crippen LogP contribution is 2.34. The van der Waals surface area contributed by atoms with Crippen molar-refractivity contribution in [2.45, 2.75) is 6.92 Å². The Balaban J connectivity index is 2.14. The van der Waals surface area contributed by atoms with Gasteiger partial charge in [0, 0.05) is 11.6 Å². The summed E-state index contributed by atoms with van der Waals surface area (Å²) in [5.74, 6) is 0.440. The number of ether oxygens (including phenoxy) is 1. The van der Waals surface area contributed by atoms with Crippen LogP contribution < -0.4 is 10.1 Å². The highest BCUT2D eigenvalue weighted by Gasteiger charge is 2.29. The van der Waals surface area contributed by atoms with Gasteiger partial charge >= 0.3 is 0 Å². The van der Waals surface area contributed by atoms with Crippen molar-refractivity contribution in [3.8, 4) is 5.75 Å². The molecule has 1 aliphatic heterocycles. The van der Waals surface area contributed by atoms with Crippen molar-refractivity contribution in [3.63, 3.8) is 0 Å². The molecule has 2 aromatic carbocycles. The average Bonchev–Trinajstić information content (AvgIpc) is 2.82. The number of hydrogen-bond acceptors (Lipinski definition) is 3. The van der Waals surface area contributed by atoms with E-state index in [1.807, 2.05) is 31.2 Å². The molecule has 0 spiro atoms. The van der Waals surface area contributed by atoms with Crippen molar-refractivity contribution in [2.75, 3.05) is 12.4 Å². The second-order valence-electron chi connectivity index (χ2n) is 4.73. The summed E-state index contributed by atoms with van der Waals surface area (Å²) >= 11 is 6.23. The second kappa shape index (κ2) is 5.22. The summed E-state index contributed by atoms with van der Waals surface area (Å²) in [6, 6.07) is 10.9. The monoisotopic (exact) mass is 300 g/mol. The fourth-order valence-corrected chi connectivity index (χ4v) is 2.52. The quantitative estimate of drug-likeness (QED) is 0.918. The summed E-state index contributed by atoms with van der Waals surface area (Å²) < 4.78 is 5.16. The molecule has 0 unspecified atom stereocenters. The largest absolute Gasteiger partial charge is 0.497 e. The van der Waals surface area contributed by atoms with Gasteiger partial charge in [0.25, 0.3) is 5.91 Å². The summed E-state index contributed by atoms with van der Waals surface area (Å²) in [5.41, 5.74) is 3.31. The Kier molecular flexibility index (Phi) is 3.39. The zero-order chi connectivity index (χ0) is 15.0.